The molecule has 3 nitrogen and oxygen atoms in total. The number of nitrogens with zero attached hydrogens (tertiary/aromatic N) is 1. The predicted octanol–water partition coefficient (Wildman–Crippen LogP) is 3.44. The number of hydrogen-bond acceptors (Lipinski definition) is 2. The second-order valence-electron chi connectivity index (χ2n) is 4.43. The molecule has 112 valence electrons. The quantitative estimate of drug-likeness (QED) is 0.860. The molecule has 0 radical (unpaired) electrons. The summed E-state index contributed by atoms with van der Waals surface area (Å²) in [6.07, 6.45) is 0. The molecular weight excluding hydrogens is 320 g/mol. The first-order chi connectivity index (χ1) is 9.82. The molecule has 0 aliphatic rings. The van der Waals surface area contributed by atoms with Gasteiger partial charge in [-0.1, -0.05) is 29.8 Å². The summed E-state index contributed by atoms with van der Waals surface area (Å²) in [5.41, 5.74) is 0.247. The summed E-state index contributed by atoms with van der Waals surface area (Å²) in [7, 11) is -2.56. The van der Waals surface area contributed by atoms with E-state index in [-0.39, 0.29) is 22.0 Å². The van der Waals surface area contributed by atoms with Crippen molar-refractivity contribution in [3.8, 4) is 0 Å². The molecule has 21 heavy (non-hydrogen) atoms. The molecule has 2 rings (SSSR count). The SMILES string of the molecule is CN(Cc1ccccc1F)S(=O)(=O)c1ccc(F)c(Cl)c1. The molecule has 0 saturated heterocycles. The van der Waals surface area contributed by atoms with Gasteiger partial charge in [-0.05, 0) is 24.3 Å². The fourth-order valence-corrected chi connectivity index (χ4v) is 3.19. The highest BCUT2D eigenvalue weighted by Crippen LogP contribution is 2.23. The van der Waals surface area contributed by atoms with E-state index in [1.54, 1.807) is 6.07 Å². The molecule has 0 aromatic heterocycles. The topological polar surface area (TPSA) is 37.4 Å². The van der Waals surface area contributed by atoms with Crippen molar-refractivity contribution in [3.05, 3.63) is 64.7 Å². The highest BCUT2D eigenvalue weighted by atomic mass is 35.5. The van der Waals surface area contributed by atoms with Crippen molar-refractivity contribution in [2.45, 2.75) is 11.4 Å². The Morgan fingerprint density at radius 3 is 2.38 bits per heavy atom. The number of hydrogen-bond donors (Lipinski definition) is 0. The average Bonchev–Trinajstić information content (AvgIpc) is 2.44. The number of halogens is 3. The molecule has 7 heteroatoms. The standard InChI is InChI=1S/C14H12ClF2NO2S/c1-18(9-10-4-2-3-5-13(10)16)21(19,20)11-6-7-14(17)12(15)8-11/h2-8H,9H2,1H3. The van der Waals surface area contributed by atoms with Crippen molar-refractivity contribution in [1.82, 2.24) is 4.31 Å². The van der Waals surface area contributed by atoms with E-state index in [0.717, 1.165) is 22.5 Å². The van der Waals surface area contributed by atoms with Crippen LogP contribution in [-0.4, -0.2) is 19.8 Å². The summed E-state index contributed by atoms with van der Waals surface area (Å²) < 4.78 is 52.3. The van der Waals surface area contributed by atoms with Crippen LogP contribution in [0.3, 0.4) is 0 Å². The van der Waals surface area contributed by atoms with E-state index in [9.17, 15) is 17.2 Å². The Balaban J connectivity index is 2.30. The van der Waals surface area contributed by atoms with E-state index in [1.807, 2.05) is 0 Å². The molecule has 0 saturated carbocycles. The number of benzene rings is 2. The minimum Gasteiger partial charge on any atom is -0.207 e. The zero-order chi connectivity index (χ0) is 15.6. The first kappa shape index (κ1) is 15.9. The smallest absolute Gasteiger partial charge is 0.207 e. The van der Waals surface area contributed by atoms with Gasteiger partial charge in [-0.2, -0.15) is 4.31 Å². The first-order valence-electron chi connectivity index (χ1n) is 5.97. The summed E-state index contributed by atoms with van der Waals surface area (Å²) >= 11 is 5.59. The lowest BCUT2D eigenvalue weighted by Gasteiger charge is -2.17. The summed E-state index contributed by atoms with van der Waals surface area (Å²) in [4.78, 5) is -0.146. The minimum atomic E-state index is -3.88. The van der Waals surface area contributed by atoms with Crippen molar-refractivity contribution in [1.29, 1.82) is 0 Å². The van der Waals surface area contributed by atoms with Crippen molar-refractivity contribution in [2.75, 3.05) is 7.05 Å². The Bertz CT molecular complexity index is 765. The largest absolute Gasteiger partial charge is 0.243 e. The lowest BCUT2D eigenvalue weighted by atomic mass is 10.2. The number of rotatable bonds is 4. The summed E-state index contributed by atoms with van der Waals surface area (Å²) in [6, 6.07) is 9.02. The maximum atomic E-state index is 13.6. The fourth-order valence-electron chi connectivity index (χ4n) is 1.77. The van der Waals surface area contributed by atoms with Crippen LogP contribution in [0.5, 0.6) is 0 Å². The summed E-state index contributed by atoms with van der Waals surface area (Å²) in [5.74, 6) is -1.19. The first-order valence-corrected chi connectivity index (χ1v) is 7.79. The van der Waals surface area contributed by atoms with Gasteiger partial charge >= 0.3 is 0 Å². The maximum Gasteiger partial charge on any atom is 0.243 e. The third-order valence-corrected chi connectivity index (χ3v) is 5.04. The average molecular weight is 332 g/mol. The third kappa shape index (κ3) is 3.40. The molecule has 2 aromatic carbocycles. The third-order valence-electron chi connectivity index (χ3n) is 2.95. The lowest BCUT2D eigenvalue weighted by Crippen LogP contribution is -2.27. The highest BCUT2D eigenvalue weighted by molar-refractivity contribution is 7.89. The highest BCUT2D eigenvalue weighted by Gasteiger charge is 2.22. The Hall–Kier alpha value is -1.50. The van der Waals surface area contributed by atoms with Crippen LogP contribution < -0.4 is 0 Å². The van der Waals surface area contributed by atoms with Gasteiger partial charge in [-0.3, -0.25) is 0 Å². The zero-order valence-corrected chi connectivity index (χ0v) is 12.6. The van der Waals surface area contributed by atoms with Gasteiger partial charge in [0, 0.05) is 19.2 Å². The molecular formula is C14H12ClF2NO2S. The van der Waals surface area contributed by atoms with Gasteiger partial charge in [0.25, 0.3) is 0 Å². The summed E-state index contributed by atoms with van der Waals surface area (Å²) in [5, 5.41) is -0.282. The molecule has 0 heterocycles. The molecule has 0 spiro atoms. The van der Waals surface area contributed by atoms with E-state index < -0.39 is 21.7 Å². The van der Waals surface area contributed by atoms with E-state index in [0.29, 0.717) is 0 Å². The second-order valence-corrected chi connectivity index (χ2v) is 6.88. The molecule has 0 aliphatic heterocycles. The van der Waals surface area contributed by atoms with E-state index in [4.69, 9.17) is 11.6 Å². The molecule has 0 N–H and O–H groups in total. The van der Waals surface area contributed by atoms with E-state index >= 15 is 0 Å². The van der Waals surface area contributed by atoms with Crippen LogP contribution >= 0.6 is 11.6 Å². The van der Waals surface area contributed by atoms with Gasteiger partial charge in [0.15, 0.2) is 0 Å². The van der Waals surface area contributed by atoms with Gasteiger partial charge in [0.05, 0.1) is 9.92 Å². The van der Waals surface area contributed by atoms with Crippen LogP contribution in [0.2, 0.25) is 5.02 Å². The van der Waals surface area contributed by atoms with Crippen molar-refractivity contribution in [3.63, 3.8) is 0 Å². The van der Waals surface area contributed by atoms with Crippen LogP contribution in [0.1, 0.15) is 5.56 Å². The minimum absolute atomic E-state index is 0.135. The molecule has 0 bridgehead atoms. The van der Waals surface area contributed by atoms with Gasteiger partial charge in [0.2, 0.25) is 10.0 Å². The maximum absolute atomic E-state index is 13.6. The molecule has 2 aromatic rings. The molecule has 0 aliphatic carbocycles. The van der Waals surface area contributed by atoms with E-state index in [2.05, 4.69) is 0 Å². The Morgan fingerprint density at radius 1 is 1.10 bits per heavy atom. The molecule has 0 amide bonds. The van der Waals surface area contributed by atoms with Gasteiger partial charge in [-0.25, -0.2) is 17.2 Å². The molecule has 0 atom stereocenters. The second kappa shape index (κ2) is 6.09. The zero-order valence-electron chi connectivity index (χ0n) is 11.1. The fraction of sp³-hybridized carbons (Fsp3) is 0.143. The van der Waals surface area contributed by atoms with Crippen LogP contribution in [-0.2, 0) is 16.6 Å². The van der Waals surface area contributed by atoms with Crippen molar-refractivity contribution >= 4 is 21.6 Å². The number of sulfonamides is 1. The van der Waals surface area contributed by atoms with Gasteiger partial charge in [0.1, 0.15) is 11.6 Å². The van der Waals surface area contributed by atoms with Gasteiger partial charge in [-0.15, -0.1) is 0 Å². The van der Waals surface area contributed by atoms with Crippen LogP contribution in [0.15, 0.2) is 47.4 Å². The van der Waals surface area contributed by atoms with Gasteiger partial charge < -0.3 is 0 Å². The monoisotopic (exact) mass is 331 g/mol. The molecule has 0 unspecified atom stereocenters. The predicted molar refractivity (Wildman–Crippen MR) is 76.5 cm³/mol. The Kier molecular flexibility index (Phi) is 4.61. The Labute approximate surface area is 126 Å². The van der Waals surface area contributed by atoms with E-state index in [1.165, 1.54) is 25.2 Å². The van der Waals surface area contributed by atoms with Crippen LogP contribution in [0.4, 0.5) is 8.78 Å². The van der Waals surface area contributed by atoms with Crippen LogP contribution in [0.25, 0.3) is 0 Å². The van der Waals surface area contributed by atoms with Crippen LogP contribution in [0, 0.1) is 11.6 Å². The molecule has 0 fully saturated rings. The Morgan fingerprint density at radius 2 is 1.76 bits per heavy atom. The van der Waals surface area contributed by atoms with Crippen molar-refractivity contribution in [2.24, 2.45) is 0 Å². The lowest BCUT2D eigenvalue weighted by molar-refractivity contribution is 0.456. The van der Waals surface area contributed by atoms with Crippen molar-refractivity contribution < 1.29 is 17.2 Å². The summed E-state index contributed by atoms with van der Waals surface area (Å²) in [6.45, 7) is -0.135. The normalized spacial score (nSPS) is 11.9.